The maximum absolute atomic E-state index is 11.8. The number of fused-ring (bicyclic) bond motifs is 5. The summed E-state index contributed by atoms with van der Waals surface area (Å²) >= 11 is 0. The molecule has 0 radical (unpaired) electrons. The normalized spacial score (nSPS) is 41.7. The molecule has 2 saturated carbocycles. The Bertz CT molecular complexity index is 655. The topological polar surface area (TPSA) is 77.8 Å². The van der Waals surface area contributed by atoms with Crippen LogP contribution in [0, 0.1) is 23.2 Å². The smallest absolute Gasteiger partial charge is 0.306 e. The largest absolute Gasteiger partial charge is 0.508 e. The number of benzene rings is 1. The van der Waals surface area contributed by atoms with E-state index in [2.05, 4.69) is 6.92 Å². The number of hydrogen-bond acceptors (Lipinski definition) is 3. The Balaban J connectivity index is 1.75. The molecule has 3 aliphatic rings. The van der Waals surface area contributed by atoms with E-state index >= 15 is 0 Å². The molecule has 4 heteroatoms. The second-order valence-electron chi connectivity index (χ2n) is 7.96. The number of rotatable bonds is 1. The zero-order valence-electron chi connectivity index (χ0n) is 13.4. The summed E-state index contributed by atoms with van der Waals surface area (Å²) in [6.07, 6.45) is 3.61. The van der Waals surface area contributed by atoms with Crippen LogP contribution >= 0.6 is 0 Å². The van der Waals surface area contributed by atoms with Gasteiger partial charge in [-0.1, -0.05) is 13.0 Å². The molecular weight excluding hydrogens is 292 g/mol. The zero-order chi connectivity index (χ0) is 16.4. The summed E-state index contributed by atoms with van der Waals surface area (Å²) in [6.45, 7) is 2.09. The van der Waals surface area contributed by atoms with Gasteiger partial charge in [-0.25, -0.2) is 0 Å². The van der Waals surface area contributed by atoms with E-state index < -0.39 is 18.0 Å². The van der Waals surface area contributed by atoms with Gasteiger partial charge in [-0.05, 0) is 78.5 Å². The molecule has 0 bridgehead atoms. The number of aliphatic carboxylic acids is 1. The van der Waals surface area contributed by atoms with Crippen LogP contribution in [-0.4, -0.2) is 27.4 Å². The van der Waals surface area contributed by atoms with Crippen molar-refractivity contribution in [3.8, 4) is 5.75 Å². The van der Waals surface area contributed by atoms with Crippen LogP contribution in [0.25, 0.3) is 0 Å². The molecule has 124 valence electrons. The monoisotopic (exact) mass is 316 g/mol. The van der Waals surface area contributed by atoms with E-state index in [4.69, 9.17) is 0 Å². The third-order valence-electron chi connectivity index (χ3n) is 7.00. The van der Waals surface area contributed by atoms with Gasteiger partial charge in [0.1, 0.15) is 5.75 Å². The summed E-state index contributed by atoms with van der Waals surface area (Å²) in [7, 11) is 0. The molecule has 0 saturated heterocycles. The van der Waals surface area contributed by atoms with Gasteiger partial charge in [0.05, 0.1) is 12.0 Å². The summed E-state index contributed by atoms with van der Waals surface area (Å²) in [6, 6.07) is 5.62. The average molecular weight is 316 g/mol. The molecule has 0 amide bonds. The first kappa shape index (κ1) is 15.0. The third kappa shape index (κ3) is 2.04. The van der Waals surface area contributed by atoms with Gasteiger partial charge >= 0.3 is 5.97 Å². The van der Waals surface area contributed by atoms with Gasteiger partial charge in [0.2, 0.25) is 0 Å². The van der Waals surface area contributed by atoms with Gasteiger partial charge in [0.25, 0.3) is 0 Å². The fraction of sp³-hybridized carbons (Fsp3) is 0.632. The van der Waals surface area contributed by atoms with E-state index in [1.165, 1.54) is 11.1 Å². The Hall–Kier alpha value is -1.55. The van der Waals surface area contributed by atoms with Crippen molar-refractivity contribution in [2.45, 2.75) is 51.0 Å². The van der Waals surface area contributed by atoms with Crippen molar-refractivity contribution in [2.24, 2.45) is 23.2 Å². The first-order valence-corrected chi connectivity index (χ1v) is 8.64. The van der Waals surface area contributed by atoms with Crippen LogP contribution in [0.15, 0.2) is 18.2 Å². The minimum absolute atomic E-state index is 0.0516. The van der Waals surface area contributed by atoms with Gasteiger partial charge in [0, 0.05) is 0 Å². The van der Waals surface area contributed by atoms with Gasteiger partial charge in [-0.15, -0.1) is 0 Å². The lowest BCUT2D eigenvalue weighted by molar-refractivity contribution is -0.145. The summed E-state index contributed by atoms with van der Waals surface area (Å²) in [5.74, 6) is -0.136. The standard InChI is InChI=1S/C19H24O4/c1-19-7-6-13-12-5-3-11(20)8-10(12)2-4-14(13)17(19)15(18(22)23)9-16(19)21/h3,5,8,13-17,20-21H,2,4,6-7,9H2,1H3,(H,22,23)/t13-,14-,15?,16?,17-,19-/m1/s1. The number of aryl methyl sites for hydroxylation is 1. The molecule has 3 aliphatic carbocycles. The third-order valence-corrected chi connectivity index (χ3v) is 7.00. The van der Waals surface area contributed by atoms with Crippen molar-refractivity contribution in [3.63, 3.8) is 0 Å². The molecule has 2 unspecified atom stereocenters. The molecule has 0 aliphatic heterocycles. The van der Waals surface area contributed by atoms with Crippen LogP contribution in [0.5, 0.6) is 5.75 Å². The van der Waals surface area contributed by atoms with Crippen molar-refractivity contribution in [3.05, 3.63) is 29.3 Å². The zero-order valence-corrected chi connectivity index (χ0v) is 13.4. The fourth-order valence-corrected chi connectivity index (χ4v) is 5.90. The Morgan fingerprint density at radius 2 is 2.09 bits per heavy atom. The van der Waals surface area contributed by atoms with Gasteiger partial charge < -0.3 is 15.3 Å². The number of carbonyl (C=O) groups is 1. The minimum Gasteiger partial charge on any atom is -0.508 e. The molecular formula is C19H24O4. The van der Waals surface area contributed by atoms with E-state index in [9.17, 15) is 20.1 Å². The van der Waals surface area contributed by atoms with E-state index in [1.807, 2.05) is 12.1 Å². The number of phenols is 1. The van der Waals surface area contributed by atoms with Crippen molar-refractivity contribution >= 4 is 5.97 Å². The molecule has 23 heavy (non-hydrogen) atoms. The number of carboxylic acids is 1. The van der Waals surface area contributed by atoms with Crippen molar-refractivity contribution in [1.82, 2.24) is 0 Å². The van der Waals surface area contributed by atoms with Gasteiger partial charge in [-0.2, -0.15) is 0 Å². The van der Waals surface area contributed by atoms with E-state index in [1.54, 1.807) is 6.07 Å². The molecule has 4 rings (SSSR count). The molecule has 3 N–H and O–H groups in total. The van der Waals surface area contributed by atoms with E-state index in [-0.39, 0.29) is 11.3 Å². The Morgan fingerprint density at radius 1 is 1.30 bits per heavy atom. The summed E-state index contributed by atoms with van der Waals surface area (Å²) in [5.41, 5.74) is 2.23. The number of aliphatic hydroxyl groups is 1. The molecule has 4 nitrogen and oxygen atoms in total. The highest BCUT2D eigenvalue weighted by Crippen LogP contribution is 2.62. The van der Waals surface area contributed by atoms with Crippen molar-refractivity contribution < 1.29 is 20.1 Å². The van der Waals surface area contributed by atoms with Crippen LogP contribution in [0.4, 0.5) is 0 Å². The van der Waals surface area contributed by atoms with Crippen LogP contribution < -0.4 is 0 Å². The summed E-state index contributed by atoms with van der Waals surface area (Å²) < 4.78 is 0. The molecule has 1 aromatic carbocycles. The van der Waals surface area contributed by atoms with Crippen LogP contribution in [-0.2, 0) is 11.2 Å². The van der Waals surface area contributed by atoms with Gasteiger partial charge in [0.15, 0.2) is 0 Å². The number of hydrogen-bond donors (Lipinski definition) is 3. The minimum atomic E-state index is -0.755. The maximum Gasteiger partial charge on any atom is 0.306 e. The lowest BCUT2D eigenvalue weighted by Gasteiger charge is -2.50. The predicted octanol–water partition coefficient (Wildman–Crippen LogP) is 2.92. The molecule has 2 fully saturated rings. The lowest BCUT2D eigenvalue weighted by atomic mass is 9.54. The highest BCUT2D eigenvalue weighted by molar-refractivity contribution is 5.71. The van der Waals surface area contributed by atoms with Crippen LogP contribution in [0.1, 0.15) is 49.7 Å². The second kappa shape index (κ2) is 4.97. The molecule has 6 atom stereocenters. The molecule has 0 aromatic heterocycles. The first-order valence-electron chi connectivity index (χ1n) is 8.64. The van der Waals surface area contributed by atoms with E-state index in [0.29, 0.717) is 24.0 Å². The first-order chi connectivity index (χ1) is 10.9. The Labute approximate surface area is 136 Å². The number of aliphatic hydroxyl groups excluding tert-OH is 1. The summed E-state index contributed by atoms with van der Waals surface area (Å²) in [4.78, 5) is 11.8. The SMILES string of the molecule is C[C@]12CC[C@@H]3c4ccc(O)cc4CC[C@H]3[C@@H]1C(C(=O)O)CC2O. The van der Waals surface area contributed by atoms with Gasteiger partial charge in [-0.3, -0.25) is 4.79 Å². The highest BCUT2D eigenvalue weighted by atomic mass is 16.4. The van der Waals surface area contributed by atoms with E-state index in [0.717, 1.165) is 25.7 Å². The quantitative estimate of drug-likeness (QED) is 0.744. The van der Waals surface area contributed by atoms with Crippen molar-refractivity contribution in [2.75, 3.05) is 0 Å². The predicted molar refractivity (Wildman–Crippen MR) is 85.2 cm³/mol. The van der Waals surface area contributed by atoms with Crippen molar-refractivity contribution in [1.29, 1.82) is 0 Å². The average Bonchev–Trinajstić information content (AvgIpc) is 2.79. The number of carboxylic acid groups (broad SMARTS) is 1. The second-order valence-corrected chi connectivity index (χ2v) is 7.96. The number of phenolic OH excluding ortho intramolecular Hbond substituents is 1. The number of aromatic hydroxyl groups is 1. The summed E-state index contributed by atoms with van der Waals surface area (Å²) in [5, 5.41) is 29.9. The Morgan fingerprint density at radius 3 is 2.83 bits per heavy atom. The van der Waals surface area contributed by atoms with Crippen LogP contribution in [0.3, 0.4) is 0 Å². The lowest BCUT2D eigenvalue weighted by Crippen LogP contribution is -2.46. The Kier molecular flexibility index (Phi) is 3.24. The molecule has 0 spiro atoms. The highest BCUT2D eigenvalue weighted by Gasteiger charge is 2.60. The maximum atomic E-state index is 11.8. The fourth-order valence-electron chi connectivity index (χ4n) is 5.90. The molecule has 1 aromatic rings. The molecule has 0 heterocycles. The van der Waals surface area contributed by atoms with Crippen LogP contribution in [0.2, 0.25) is 0 Å².